The first-order valence-corrected chi connectivity index (χ1v) is 9.13. The van der Waals surface area contributed by atoms with Gasteiger partial charge in [-0.3, -0.25) is 0 Å². The Labute approximate surface area is 135 Å². The SMILES string of the molecule is CCCS(=O)(=O)N1CCn2c(COc3ccccn3)nnc2C1. The van der Waals surface area contributed by atoms with Gasteiger partial charge in [0, 0.05) is 25.4 Å². The molecule has 0 aliphatic carbocycles. The lowest BCUT2D eigenvalue weighted by Gasteiger charge is -2.26. The van der Waals surface area contributed by atoms with Crippen molar-refractivity contribution < 1.29 is 13.2 Å². The first kappa shape index (κ1) is 15.9. The van der Waals surface area contributed by atoms with E-state index in [9.17, 15) is 8.42 Å². The normalized spacial score (nSPS) is 15.3. The van der Waals surface area contributed by atoms with Crippen LogP contribution in [0.2, 0.25) is 0 Å². The van der Waals surface area contributed by atoms with Crippen molar-refractivity contribution in [1.82, 2.24) is 24.1 Å². The van der Waals surface area contributed by atoms with Gasteiger partial charge in [0.15, 0.2) is 5.82 Å². The topological polar surface area (TPSA) is 90.2 Å². The first-order chi connectivity index (χ1) is 11.1. The van der Waals surface area contributed by atoms with Gasteiger partial charge in [0.2, 0.25) is 15.9 Å². The first-order valence-electron chi connectivity index (χ1n) is 7.53. The number of hydrogen-bond donors (Lipinski definition) is 0. The molecule has 0 saturated heterocycles. The maximum atomic E-state index is 12.1. The molecule has 0 atom stereocenters. The summed E-state index contributed by atoms with van der Waals surface area (Å²) in [6, 6.07) is 5.43. The lowest BCUT2D eigenvalue weighted by molar-refractivity contribution is 0.267. The van der Waals surface area contributed by atoms with Crippen LogP contribution in [-0.4, -0.2) is 44.8 Å². The van der Waals surface area contributed by atoms with E-state index in [1.54, 1.807) is 12.3 Å². The Bertz CT molecular complexity index is 760. The molecule has 1 aliphatic rings. The van der Waals surface area contributed by atoms with Gasteiger partial charge in [-0.15, -0.1) is 10.2 Å². The average molecular weight is 337 g/mol. The number of nitrogens with zero attached hydrogens (tertiary/aromatic N) is 5. The minimum absolute atomic E-state index is 0.163. The van der Waals surface area contributed by atoms with E-state index in [1.165, 1.54) is 4.31 Å². The molecule has 23 heavy (non-hydrogen) atoms. The van der Waals surface area contributed by atoms with Crippen LogP contribution in [0.15, 0.2) is 24.4 Å². The second kappa shape index (κ2) is 6.63. The van der Waals surface area contributed by atoms with E-state index >= 15 is 0 Å². The summed E-state index contributed by atoms with van der Waals surface area (Å²) < 4.78 is 33.3. The molecule has 0 unspecified atom stereocenters. The summed E-state index contributed by atoms with van der Waals surface area (Å²) in [5, 5.41) is 8.21. The Morgan fingerprint density at radius 3 is 2.87 bits per heavy atom. The highest BCUT2D eigenvalue weighted by molar-refractivity contribution is 7.89. The van der Waals surface area contributed by atoms with Crippen molar-refractivity contribution in [2.45, 2.75) is 33.0 Å². The summed E-state index contributed by atoms with van der Waals surface area (Å²) in [5.74, 6) is 2.01. The fourth-order valence-electron chi connectivity index (χ4n) is 2.50. The highest BCUT2D eigenvalue weighted by atomic mass is 32.2. The Balaban J connectivity index is 1.69. The minimum Gasteiger partial charge on any atom is -0.469 e. The zero-order chi connectivity index (χ0) is 16.3. The molecule has 0 fully saturated rings. The molecule has 9 heteroatoms. The highest BCUT2D eigenvalue weighted by Crippen LogP contribution is 2.17. The fraction of sp³-hybridized carbons (Fsp3) is 0.500. The van der Waals surface area contributed by atoms with Crippen molar-refractivity contribution in [2.24, 2.45) is 0 Å². The molecule has 0 aromatic carbocycles. The molecule has 8 nitrogen and oxygen atoms in total. The van der Waals surface area contributed by atoms with E-state index in [1.807, 2.05) is 23.6 Å². The third kappa shape index (κ3) is 3.50. The molecular weight excluding hydrogens is 318 g/mol. The molecule has 0 N–H and O–H groups in total. The fourth-order valence-corrected chi connectivity index (χ4v) is 3.94. The molecule has 0 saturated carbocycles. The number of rotatable bonds is 6. The Morgan fingerprint density at radius 1 is 1.26 bits per heavy atom. The summed E-state index contributed by atoms with van der Waals surface area (Å²) in [5.41, 5.74) is 0. The monoisotopic (exact) mass is 337 g/mol. The summed E-state index contributed by atoms with van der Waals surface area (Å²) in [6.07, 6.45) is 2.26. The van der Waals surface area contributed by atoms with E-state index in [4.69, 9.17) is 4.74 Å². The zero-order valence-electron chi connectivity index (χ0n) is 12.9. The molecule has 2 aromatic rings. The molecule has 0 radical (unpaired) electrons. The quantitative estimate of drug-likeness (QED) is 0.775. The summed E-state index contributed by atoms with van der Waals surface area (Å²) in [6.45, 7) is 3.35. The zero-order valence-corrected chi connectivity index (χ0v) is 13.7. The van der Waals surface area contributed by atoms with Gasteiger partial charge in [-0.1, -0.05) is 13.0 Å². The predicted octanol–water partition coefficient (Wildman–Crippen LogP) is 0.807. The van der Waals surface area contributed by atoms with Crippen LogP contribution in [0.5, 0.6) is 5.88 Å². The molecule has 0 spiro atoms. The summed E-state index contributed by atoms with van der Waals surface area (Å²) in [7, 11) is -3.21. The number of pyridine rings is 1. The second-order valence-corrected chi connectivity index (χ2v) is 7.38. The van der Waals surface area contributed by atoms with Crippen LogP contribution >= 0.6 is 0 Å². The number of aromatic nitrogens is 4. The molecule has 0 bridgehead atoms. The van der Waals surface area contributed by atoms with Crippen LogP contribution in [0, 0.1) is 0 Å². The Hall–Kier alpha value is -2.00. The molecule has 2 aromatic heterocycles. The Kier molecular flexibility index (Phi) is 4.58. The Morgan fingerprint density at radius 2 is 2.13 bits per heavy atom. The van der Waals surface area contributed by atoms with Crippen molar-refractivity contribution in [3.05, 3.63) is 36.0 Å². The molecule has 0 amide bonds. The highest BCUT2D eigenvalue weighted by Gasteiger charge is 2.28. The van der Waals surface area contributed by atoms with E-state index in [2.05, 4.69) is 15.2 Å². The van der Waals surface area contributed by atoms with Crippen LogP contribution < -0.4 is 4.74 Å². The van der Waals surface area contributed by atoms with Crippen molar-refractivity contribution in [1.29, 1.82) is 0 Å². The third-order valence-corrected chi connectivity index (χ3v) is 5.66. The van der Waals surface area contributed by atoms with Gasteiger partial charge in [-0.25, -0.2) is 13.4 Å². The lowest BCUT2D eigenvalue weighted by atomic mass is 10.4. The van der Waals surface area contributed by atoms with Crippen LogP contribution in [0.4, 0.5) is 0 Å². The number of ether oxygens (including phenoxy) is 1. The van der Waals surface area contributed by atoms with Crippen LogP contribution in [0.1, 0.15) is 25.0 Å². The van der Waals surface area contributed by atoms with Gasteiger partial charge in [-0.2, -0.15) is 4.31 Å². The summed E-state index contributed by atoms with van der Waals surface area (Å²) >= 11 is 0. The molecule has 1 aliphatic heterocycles. The van der Waals surface area contributed by atoms with Gasteiger partial charge < -0.3 is 9.30 Å². The molecule has 3 rings (SSSR count). The van der Waals surface area contributed by atoms with Crippen molar-refractivity contribution in [2.75, 3.05) is 12.3 Å². The van der Waals surface area contributed by atoms with Crippen LogP contribution in [-0.2, 0) is 29.7 Å². The van der Waals surface area contributed by atoms with Crippen LogP contribution in [0.3, 0.4) is 0 Å². The largest absolute Gasteiger partial charge is 0.469 e. The minimum atomic E-state index is -3.21. The van der Waals surface area contributed by atoms with Gasteiger partial charge in [0.05, 0.1) is 12.3 Å². The molecule has 124 valence electrons. The predicted molar refractivity (Wildman–Crippen MR) is 83.1 cm³/mol. The van der Waals surface area contributed by atoms with Gasteiger partial charge in [0.1, 0.15) is 12.4 Å². The maximum absolute atomic E-state index is 12.1. The van der Waals surface area contributed by atoms with Crippen molar-refractivity contribution >= 4 is 10.0 Å². The van der Waals surface area contributed by atoms with Crippen molar-refractivity contribution in [3.63, 3.8) is 0 Å². The van der Waals surface area contributed by atoms with E-state index in [-0.39, 0.29) is 18.9 Å². The van der Waals surface area contributed by atoms with E-state index in [0.717, 1.165) is 0 Å². The van der Waals surface area contributed by atoms with Crippen molar-refractivity contribution in [3.8, 4) is 5.88 Å². The summed E-state index contributed by atoms with van der Waals surface area (Å²) in [4.78, 5) is 4.09. The second-order valence-electron chi connectivity index (χ2n) is 5.29. The molecule has 3 heterocycles. The maximum Gasteiger partial charge on any atom is 0.214 e. The van der Waals surface area contributed by atoms with Crippen LogP contribution in [0.25, 0.3) is 0 Å². The molecular formula is C14H19N5O3S. The standard InChI is InChI=1S/C14H19N5O3S/c1-2-9-23(20,21)18-7-8-19-12(10-18)16-17-13(19)11-22-14-5-3-4-6-15-14/h3-6H,2,7-11H2,1H3. The lowest BCUT2D eigenvalue weighted by Crippen LogP contribution is -2.40. The average Bonchev–Trinajstić information content (AvgIpc) is 2.96. The van der Waals surface area contributed by atoms with Gasteiger partial charge in [-0.05, 0) is 12.5 Å². The number of sulfonamides is 1. The number of hydrogen-bond acceptors (Lipinski definition) is 6. The third-order valence-electron chi connectivity index (χ3n) is 3.64. The van der Waals surface area contributed by atoms with E-state index in [0.29, 0.717) is 37.0 Å². The van der Waals surface area contributed by atoms with E-state index < -0.39 is 10.0 Å². The smallest absolute Gasteiger partial charge is 0.214 e. The van der Waals surface area contributed by atoms with Gasteiger partial charge >= 0.3 is 0 Å². The van der Waals surface area contributed by atoms with Gasteiger partial charge in [0.25, 0.3) is 0 Å². The number of fused-ring (bicyclic) bond motifs is 1.